The van der Waals surface area contributed by atoms with Crippen LogP contribution in [0.5, 0.6) is 0 Å². The predicted molar refractivity (Wildman–Crippen MR) is 88.2 cm³/mol. The molecule has 0 aliphatic carbocycles. The zero-order valence-corrected chi connectivity index (χ0v) is 12.9. The Kier molecular flexibility index (Phi) is 3.22. The van der Waals surface area contributed by atoms with E-state index in [0.29, 0.717) is 29.3 Å². The molecule has 0 spiro atoms. The first-order valence-corrected chi connectivity index (χ1v) is 8.21. The minimum Gasteiger partial charge on any atom is -0.421 e. The Labute approximate surface area is 129 Å². The number of hydrogen-bond acceptors (Lipinski definition) is 4. The van der Waals surface area contributed by atoms with Gasteiger partial charge in [0.15, 0.2) is 0 Å². The quantitative estimate of drug-likeness (QED) is 0.794. The Morgan fingerprint density at radius 3 is 2.68 bits per heavy atom. The van der Waals surface area contributed by atoms with Crippen LogP contribution in [0.25, 0.3) is 11.0 Å². The molecule has 2 fully saturated rings. The zero-order chi connectivity index (χ0) is 15.3. The summed E-state index contributed by atoms with van der Waals surface area (Å²) in [6.07, 6.45) is 5.89. The van der Waals surface area contributed by atoms with Crippen LogP contribution in [0.2, 0.25) is 0 Å². The Morgan fingerprint density at radius 2 is 1.95 bits per heavy atom. The van der Waals surface area contributed by atoms with E-state index in [4.69, 9.17) is 10.2 Å². The second-order valence-electron chi connectivity index (χ2n) is 6.82. The van der Waals surface area contributed by atoms with E-state index in [2.05, 4.69) is 18.3 Å². The average molecular weight is 298 g/mol. The highest BCUT2D eigenvalue weighted by molar-refractivity contribution is 5.88. The normalized spacial score (nSPS) is 28.0. The summed E-state index contributed by atoms with van der Waals surface area (Å²) < 4.78 is 5.40. The van der Waals surface area contributed by atoms with Crippen molar-refractivity contribution in [2.45, 2.75) is 57.0 Å². The third kappa shape index (κ3) is 2.13. The van der Waals surface area contributed by atoms with Gasteiger partial charge in [-0.1, -0.05) is 18.6 Å². The number of anilines is 1. The first-order chi connectivity index (χ1) is 10.6. The Hall–Kier alpha value is -1.81. The van der Waals surface area contributed by atoms with Crippen molar-refractivity contribution < 1.29 is 4.42 Å². The number of nitrogens with two attached hydrogens (primary N) is 1. The standard InChI is InChI=1S/C18H22N2O2/c1-10-4-2-7-14-15(10)16(17(19)18(21)22-14)11-8-12-5-3-6-13(9-11)20-12/h2,4,7,11-13,20H,3,5-6,8-9,19H2,1H3. The lowest BCUT2D eigenvalue weighted by Crippen LogP contribution is -2.48. The smallest absolute Gasteiger partial charge is 0.359 e. The predicted octanol–water partition coefficient (Wildman–Crippen LogP) is 3.07. The first kappa shape index (κ1) is 13.8. The summed E-state index contributed by atoms with van der Waals surface area (Å²) in [6, 6.07) is 6.98. The lowest BCUT2D eigenvalue weighted by molar-refractivity contribution is 0.222. The number of benzene rings is 1. The van der Waals surface area contributed by atoms with Gasteiger partial charge in [0.2, 0.25) is 0 Å². The number of aryl methyl sites for hydroxylation is 1. The highest BCUT2D eigenvalue weighted by Crippen LogP contribution is 2.41. The fourth-order valence-electron chi connectivity index (χ4n) is 4.40. The highest BCUT2D eigenvalue weighted by atomic mass is 16.4. The molecule has 4 heteroatoms. The monoisotopic (exact) mass is 298 g/mol. The molecule has 4 nitrogen and oxygen atoms in total. The molecule has 3 heterocycles. The second kappa shape index (κ2) is 5.13. The number of piperidine rings is 2. The minimum absolute atomic E-state index is 0.312. The van der Waals surface area contributed by atoms with E-state index in [-0.39, 0.29) is 0 Å². The third-order valence-electron chi connectivity index (χ3n) is 5.34. The van der Waals surface area contributed by atoms with E-state index < -0.39 is 5.63 Å². The van der Waals surface area contributed by atoms with Crippen LogP contribution in [0.15, 0.2) is 27.4 Å². The molecule has 116 valence electrons. The Bertz CT molecular complexity index is 768. The molecule has 2 bridgehead atoms. The van der Waals surface area contributed by atoms with E-state index in [1.807, 2.05) is 12.1 Å². The maximum absolute atomic E-state index is 12.1. The van der Waals surface area contributed by atoms with E-state index >= 15 is 0 Å². The van der Waals surface area contributed by atoms with Crippen molar-refractivity contribution in [1.29, 1.82) is 0 Å². The van der Waals surface area contributed by atoms with Gasteiger partial charge in [-0.05, 0) is 55.7 Å². The zero-order valence-electron chi connectivity index (χ0n) is 12.9. The molecular formula is C18H22N2O2. The minimum atomic E-state index is -0.392. The maximum Gasteiger partial charge on any atom is 0.359 e. The number of nitrogen functional groups attached to an aromatic ring is 1. The summed E-state index contributed by atoms with van der Waals surface area (Å²) in [5.41, 5.74) is 8.92. The lowest BCUT2D eigenvalue weighted by atomic mass is 9.76. The van der Waals surface area contributed by atoms with Crippen molar-refractivity contribution in [3.05, 3.63) is 39.7 Å². The number of fused-ring (bicyclic) bond motifs is 3. The van der Waals surface area contributed by atoms with Gasteiger partial charge in [-0.25, -0.2) is 4.79 Å². The number of nitrogens with one attached hydrogen (secondary N) is 1. The second-order valence-corrected chi connectivity index (χ2v) is 6.82. The van der Waals surface area contributed by atoms with Gasteiger partial charge < -0.3 is 15.5 Å². The molecule has 22 heavy (non-hydrogen) atoms. The number of hydrogen-bond donors (Lipinski definition) is 2. The van der Waals surface area contributed by atoms with E-state index in [9.17, 15) is 4.79 Å². The molecule has 1 aromatic carbocycles. The Balaban J connectivity index is 1.90. The van der Waals surface area contributed by atoms with Crippen LogP contribution in [-0.4, -0.2) is 12.1 Å². The van der Waals surface area contributed by atoms with Crippen LogP contribution >= 0.6 is 0 Å². The van der Waals surface area contributed by atoms with Crippen molar-refractivity contribution in [1.82, 2.24) is 5.32 Å². The molecule has 0 amide bonds. The van der Waals surface area contributed by atoms with Gasteiger partial charge in [0, 0.05) is 17.5 Å². The van der Waals surface area contributed by atoms with Gasteiger partial charge in [-0.3, -0.25) is 0 Å². The van der Waals surface area contributed by atoms with Crippen molar-refractivity contribution in [3.8, 4) is 0 Å². The fourth-order valence-corrected chi connectivity index (χ4v) is 4.40. The summed E-state index contributed by atoms with van der Waals surface area (Å²) in [5.74, 6) is 0.351. The van der Waals surface area contributed by atoms with Crippen LogP contribution in [0.1, 0.15) is 49.1 Å². The van der Waals surface area contributed by atoms with Crippen molar-refractivity contribution in [2.75, 3.05) is 5.73 Å². The summed E-state index contributed by atoms with van der Waals surface area (Å²) in [6.45, 7) is 2.06. The fraction of sp³-hybridized carbons (Fsp3) is 0.500. The van der Waals surface area contributed by atoms with Crippen LogP contribution in [0, 0.1) is 6.92 Å². The molecule has 3 N–H and O–H groups in total. The van der Waals surface area contributed by atoms with Gasteiger partial charge in [0.1, 0.15) is 11.3 Å². The molecule has 2 aliphatic heterocycles. The SMILES string of the molecule is Cc1cccc2oc(=O)c(N)c(C3CC4CCCC(C3)N4)c12. The molecule has 4 rings (SSSR count). The summed E-state index contributed by atoms with van der Waals surface area (Å²) in [5, 5.41) is 4.75. The van der Waals surface area contributed by atoms with Gasteiger partial charge >= 0.3 is 5.63 Å². The van der Waals surface area contributed by atoms with E-state index in [1.165, 1.54) is 19.3 Å². The highest BCUT2D eigenvalue weighted by Gasteiger charge is 2.34. The number of rotatable bonds is 1. The van der Waals surface area contributed by atoms with Gasteiger partial charge in [-0.15, -0.1) is 0 Å². The molecule has 2 atom stereocenters. The average Bonchev–Trinajstić information content (AvgIpc) is 2.49. The van der Waals surface area contributed by atoms with E-state index in [1.54, 1.807) is 0 Å². The summed E-state index contributed by atoms with van der Waals surface area (Å²) in [4.78, 5) is 12.1. The molecule has 0 radical (unpaired) electrons. The summed E-state index contributed by atoms with van der Waals surface area (Å²) >= 11 is 0. The van der Waals surface area contributed by atoms with Crippen molar-refractivity contribution in [3.63, 3.8) is 0 Å². The summed E-state index contributed by atoms with van der Waals surface area (Å²) in [7, 11) is 0. The molecule has 0 saturated carbocycles. The van der Waals surface area contributed by atoms with Crippen molar-refractivity contribution in [2.24, 2.45) is 0 Å². The molecule has 2 aliphatic rings. The lowest BCUT2D eigenvalue weighted by Gasteiger charge is -2.41. The molecular weight excluding hydrogens is 276 g/mol. The third-order valence-corrected chi connectivity index (χ3v) is 5.34. The largest absolute Gasteiger partial charge is 0.421 e. The van der Waals surface area contributed by atoms with Gasteiger partial charge in [0.05, 0.1) is 0 Å². The van der Waals surface area contributed by atoms with Crippen molar-refractivity contribution >= 4 is 16.7 Å². The van der Waals surface area contributed by atoms with E-state index in [0.717, 1.165) is 29.4 Å². The molecule has 2 aromatic rings. The first-order valence-electron chi connectivity index (χ1n) is 8.21. The van der Waals surface area contributed by atoms with Crippen LogP contribution in [-0.2, 0) is 0 Å². The van der Waals surface area contributed by atoms with Gasteiger partial charge in [0.25, 0.3) is 0 Å². The van der Waals surface area contributed by atoms with Crippen LogP contribution in [0.3, 0.4) is 0 Å². The Morgan fingerprint density at radius 1 is 1.23 bits per heavy atom. The maximum atomic E-state index is 12.1. The molecule has 2 unspecified atom stereocenters. The topological polar surface area (TPSA) is 68.3 Å². The van der Waals surface area contributed by atoms with Crippen LogP contribution in [0.4, 0.5) is 5.69 Å². The molecule has 1 aromatic heterocycles. The van der Waals surface area contributed by atoms with Crippen LogP contribution < -0.4 is 16.7 Å². The molecule has 2 saturated heterocycles. The van der Waals surface area contributed by atoms with Gasteiger partial charge in [-0.2, -0.15) is 0 Å².